The lowest BCUT2D eigenvalue weighted by Crippen LogP contribution is -2.43. The molecule has 0 saturated carbocycles. The van der Waals surface area contributed by atoms with Crippen LogP contribution in [0.5, 0.6) is 0 Å². The van der Waals surface area contributed by atoms with Crippen molar-refractivity contribution in [1.29, 1.82) is 0 Å². The summed E-state index contributed by atoms with van der Waals surface area (Å²) in [6.45, 7) is -0.541. The normalized spacial score (nSPS) is 12.1. The number of furan rings is 1. The minimum atomic E-state index is -1.35. The van der Waals surface area contributed by atoms with Crippen molar-refractivity contribution < 1.29 is 24.2 Å². The van der Waals surface area contributed by atoms with Gasteiger partial charge in [0.15, 0.2) is 11.8 Å². The summed E-state index contributed by atoms with van der Waals surface area (Å²) in [4.78, 5) is 22.0. The largest absolute Gasteiger partial charge is 0.480 e. The molecule has 7 heteroatoms. The summed E-state index contributed by atoms with van der Waals surface area (Å²) in [5.41, 5.74) is 5.28. The zero-order valence-electron chi connectivity index (χ0n) is 8.34. The number of aliphatic hydroxyl groups excluding tert-OH is 1. The molecule has 0 aromatic carbocycles. The summed E-state index contributed by atoms with van der Waals surface area (Å²) in [7, 11) is 0. The van der Waals surface area contributed by atoms with Gasteiger partial charge in [0.05, 0.1) is 13.2 Å². The predicted octanol–water partition coefficient (Wildman–Crippen LogP) is -1.09. The Hall–Kier alpha value is -1.86. The van der Waals surface area contributed by atoms with E-state index in [2.05, 4.69) is 5.32 Å². The van der Waals surface area contributed by atoms with Crippen molar-refractivity contribution in [3.63, 3.8) is 0 Å². The fraction of sp³-hybridized carbons (Fsp3) is 0.333. The Bertz CT molecular complexity index is 387. The number of hydrogen-bond acceptors (Lipinski definition) is 5. The van der Waals surface area contributed by atoms with E-state index < -0.39 is 24.5 Å². The topological polar surface area (TPSA) is 126 Å². The van der Waals surface area contributed by atoms with E-state index in [-0.39, 0.29) is 12.3 Å². The summed E-state index contributed by atoms with van der Waals surface area (Å²) in [6.07, 6.45) is 0. The molecule has 1 aromatic heterocycles. The molecule has 0 aliphatic carbocycles. The number of nitrogens with one attached hydrogen (secondary N) is 1. The molecule has 88 valence electrons. The number of amides is 1. The van der Waals surface area contributed by atoms with Crippen LogP contribution in [0.15, 0.2) is 16.5 Å². The van der Waals surface area contributed by atoms with Crippen molar-refractivity contribution in [2.24, 2.45) is 5.73 Å². The van der Waals surface area contributed by atoms with Crippen molar-refractivity contribution in [3.05, 3.63) is 23.7 Å². The number of aliphatic carboxylic acids is 1. The Balaban J connectivity index is 2.67. The predicted molar refractivity (Wildman–Crippen MR) is 52.6 cm³/mol. The molecule has 0 unspecified atom stereocenters. The Morgan fingerprint density at radius 2 is 2.19 bits per heavy atom. The molecule has 1 atom stereocenters. The minimum Gasteiger partial charge on any atom is -0.480 e. The van der Waals surface area contributed by atoms with Crippen LogP contribution in [0.3, 0.4) is 0 Å². The lowest BCUT2D eigenvalue weighted by molar-refractivity contribution is -0.140. The first-order valence-electron chi connectivity index (χ1n) is 4.51. The van der Waals surface area contributed by atoms with E-state index in [0.717, 1.165) is 0 Å². The second-order valence-corrected chi connectivity index (χ2v) is 3.02. The Morgan fingerprint density at radius 3 is 2.62 bits per heavy atom. The first-order chi connectivity index (χ1) is 7.58. The lowest BCUT2D eigenvalue weighted by Gasteiger charge is -2.09. The Kier molecular flexibility index (Phi) is 4.03. The van der Waals surface area contributed by atoms with E-state index in [1.165, 1.54) is 12.1 Å². The van der Waals surface area contributed by atoms with E-state index in [4.69, 9.17) is 20.4 Å². The first kappa shape index (κ1) is 12.2. The number of carbonyl (C=O) groups is 2. The monoisotopic (exact) mass is 228 g/mol. The van der Waals surface area contributed by atoms with E-state index in [9.17, 15) is 9.59 Å². The average molecular weight is 228 g/mol. The highest BCUT2D eigenvalue weighted by molar-refractivity contribution is 5.94. The fourth-order valence-electron chi connectivity index (χ4n) is 1.02. The third-order valence-corrected chi connectivity index (χ3v) is 1.87. The van der Waals surface area contributed by atoms with Gasteiger partial charge >= 0.3 is 5.97 Å². The SMILES string of the molecule is NCc1ccc(C(=O)N[C@H](CO)C(=O)O)o1. The van der Waals surface area contributed by atoms with Crippen LogP contribution in [0.4, 0.5) is 0 Å². The molecular weight excluding hydrogens is 216 g/mol. The molecule has 1 rings (SSSR count). The summed E-state index contributed by atoms with van der Waals surface area (Å²) >= 11 is 0. The van der Waals surface area contributed by atoms with Gasteiger partial charge in [-0.25, -0.2) is 4.79 Å². The van der Waals surface area contributed by atoms with Crippen molar-refractivity contribution in [1.82, 2.24) is 5.32 Å². The van der Waals surface area contributed by atoms with Crippen LogP contribution in [0.1, 0.15) is 16.3 Å². The van der Waals surface area contributed by atoms with Gasteiger partial charge in [-0.2, -0.15) is 0 Å². The van der Waals surface area contributed by atoms with Gasteiger partial charge in [-0.1, -0.05) is 0 Å². The van der Waals surface area contributed by atoms with E-state index in [1.807, 2.05) is 0 Å². The maximum atomic E-state index is 11.4. The minimum absolute atomic E-state index is 0.0415. The van der Waals surface area contributed by atoms with Crippen molar-refractivity contribution in [2.75, 3.05) is 6.61 Å². The highest BCUT2D eigenvalue weighted by Gasteiger charge is 2.21. The van der Waals surface area contributed by atoms with Gasteiger partial charge in [0, 0.05) is 0 Å². The van der Waals surface area contributed by atoms with Crippen LogP contribution in [0.2, 0.25) is 0 Å². The van der Waals surface area contributed by atoms with Crippen LogP contribution in [-0.2, 0) is 11.3 Å². The zero-order chi connectivity index (χ0) is 12.1. The number of aliphatic hydroxyl groups is 1. The number of rotatable bonds is 5. The van der Waals surface area contributed by atoms with Crippen LogP contribution in [0, 0.1) is 0 Å². The van der Waals surface area contributed by atoms with Gasteiger partial charge in [-0.15, -0.1) is 0 Å². The Labute approximate surface area is 90.9 Å². The fourth-order valence-corrected chi connectivity index (χ4v) is 1.02. The second kappa shape index (κ2) is 5.29. The van der Waals surface area contributed by atoms with Gasteiger partial charge in [0.25, 0.3) is 5.91 Å². The summed E-state index contributed by atoms with van der Waals surface area (Å²) in [5.74, 6) is -1.65. The number of carbonyl (C=O) groups excluding carboxylic acids is 1. The molecule has 0 spiro atoms. The molecule has 5 N–H and O–H groups in total. The van der Waals surface area contributed by atoms with Crippen LogP contribution < -0.4 is 11.1 Å². The summed E-state index contributed by atoms with van der Waals surface area (Å²) in [6, 6.07) is 1.55. The number of carboxylic acids is 1. The molecule has 0 radical (unpaired) electrons. The average Bonchev–Trinajstić information content (AvgIpc) is 2.73. The van der Waals surface area contributed by atoms with Gasteiger partial charge in [-0.05, 0) is 12.1 Å². The van der Waals surface area contributed by atoms with Crippen molar-refractivity contribution in [2.45, 2.75) is 12.6 Å². The van der Waals surface area contributed by atoms with Crippen LogP contribution >= 0.6 is 0 Å². The van der Waals surface area contributed by atoms with Gasteiger partial charge in [0.2, 0.25) is 0 Å². The number of nitrogens with two attached hydrogens (primary N) is 1. The number of carboxylic acid groups (broad SMARTS) is 1. The molecule has 1 amide bonds. The molecule has 0 aliphatic rings. The van der Waals surface area contributed by atoms with Gasteiger partial charge < -0.3 is 25.7 Å². The number of hydrogen-bond donors (Lipinski definition) is 4. The maximum absolute atomic E-state index is 11.4. The van der Waals surface area contributed by atoms with Crippen LogP contribution in [0.25, 0.3) is 0 Å². The maximum Gasteiger partial charge on any atom is 0.328 e. The first-order valence-corrected chi connectivity index (χ1v) is 4.51. The highest BCUT2D eigenvalue weighted by atomic mass is 16.4. The molecule has 1 heterocycles. The third-order valence-electron chi connectivity index (χ3n) is 1.87. The summed E-state index contributed by atoms with van der Waals surface area (Å²) in [5, 5.41) is 19.4. The molecule has 7 nitrogen and oxygen atoms in total. The molecule has 16 heavy (non-hydrogen) atoms. The lowest BCUT2D eigenvalue weighted by atomic mass is 10.3. The molecule has 0 fully saturated rings. The third kappa shape index (κ3) is 2.81. The van der Waals surface area contributed by atoms with Crippen LogP contribution in [-0.4, -0.2) is 34.7 Å². The molecule has 0 saturated heterocycles. The summed E-state index contributed by atoms with van der Waals surface area (Å²) < 4.78 is 5.01. The molecule has 0 bridgehead atoms. The molecule has 1 aromatic rings. The zero-order valence-corrected chi connectivity index (χ0v) is 8.34. The van der Waals surface area contributed by atoms with E-state index in [0.29, 0.717) is 5.76 Å². The van der Waals surface area contributed by atoms with Crippen molar-refractivity contribution in [3.8, 4) is 0 Å². The quantitative estimate of drug-likeness (QED) is 0.507. The smallest absolute Gasteiger partial charge is 0.328 e. The molecule has 0 aliphatic heterocycles. The second-order valence-electron chi connectivity index (χ2n) is 3.02. The van der Waals surface area contributed by atoms with E-state index >= 15 is 0 Å². The van der Waals surface area contributed by atoms with Crippen molar-refractivity contribution >= 4 is 11.9 Å². The highest BCUT2D eigenvalue weighted by Crippen LogP contribution is 2.06. The Morgan fingerprint density at radius 1 is 1.50 bits per heavy atom. The standard InChI is InChI=1S/C9H12N2O5/c10-3-5-1-2-7(16-5)8(13)11-6(4-12)9(14)15/h1-2,6,12H,3-4,10H2,(H,11,13)(H,14,15)/t6-/m1/s1. The van der Waals surface area contributed by atoms with E-state index in [1.54, 1.807) is 0 Å². The van der Waals surface area contributed by atoms with Gasteiger partial charge in [-0.3, -0.25) is 4.79 Å². The molecular formula is C9H12N2O5. The van der Waals surface area contributed by atoms with Gasteiger partial charge in [0.1, 0.15) is 5.76 Å².